The van der Waals surface area contributed by atoms with Crippen LogP contribution in [0.2, 0.25) is 0 Å². The van der Waals surface area contributed by atoms with Crippen LogP contribution in [-0.4, -0.2) is 43.4 Å². The van der Waals surface area contributed by atoms with Crippen molar-refractivity contribution >= 4 is 0 Å². The van der Waals surface area contributed by atoms with E-state index < -0.39 is 30.7 Å². The van der Waals surface area contributed by atoms with Gasteiger partial charge in [-0.25, -0.2) is 0 Å². The van der Waals surface area contributed by atoms with E-state index in [1.165, 1.54) is 6.42 Å². The van der Waals surface area contributed by atoms with Gasteiger partial charge in [0.25, 0.3) is 0 Å². The van der Waals surface area contributed by atoms with Gasteiger partial charge in [0.1, 0.15) is 24.4 Å². The Balaban J connectivity index is 1.32. The predicted molar refractivity (Wildman–Crippen MR) is 178 cm³/mol. The molecule has 0 radical (unpaired) electrons. The second kappa shape index (κ2) is 17.5. The zero-order valence-electron chi connectivity index (χ0n) is 26.5. The minimum atomic E-state index is -0.638. The fourth-order valence-electron chi connectivity index (χ4n) is 6.23. The van der Waals surface area contributed by atoms with E-state index in [-0.39, 0.29) is 6.10 Å². The molecule has 5 atom stereocenters. The van der Waals surface area contributed by atoms with Crippen molar-refractivity contribution in [2.24, 2.45) is 0 Å². The number of benzene rings is 4. The Labute approximate surface area is 273 Å². The maximum Gasteiger partial charge on any atom is 0.186 e. The average molecular weight is 623 g/mol. The molecule has 1 aliphatic carbocycles. The van der Waals surface area contributed by atoms with Gasteiger partial charge < -0.3 is 28.4 Å². The van der Waals surface area contributed by atoms with E-state index in [1.54, 1.807) is 0 Å². The van der Waals surface area contributed by atoms with Crippen LogP contribution in [0.15, 0.2) is 121 Å². The van der Waals surface area contributed by atoms with E-state index in [1.807, 2.05) is 72.8 Å². The molecule has 6 nitrogen and oxygen atoms in total. The van der Waals surface area contributed by atoms with Gasteiger partial charge in [0.15, 0.2) is 6.29 Å². The molecular weight excluding hydrogens is 576 g/mol. The summed E-state index contributed by atoms with van der Waals surface area (Å²) in [4.78, 5) is 0. The van der Waals surface area contributed by atoms with Gasteiger partial charge in [-0.3, -0.25) is 0 Å². The zero-order valence-corrected chi connectivity index (χ0v) is 26.5. The monoisotopic (exact) mass is 622 g/mol. The maximum absolute atomic E-state index is 6.86. The first-order valence-corrected chi connectivity index (χ1v) is 16.7. The van der Waals surface area contributed by atoms with E-state index in [2.05, 4.69) is 48.5 Å². The zero-order chi connectivity index (χ0) is 31.2. The fraction of sp³-hybridized carbons (Fsp3) is 0.400. The molecular formula is C40H46O6. The summed E-state index contributed by atoms with van der Waals surface area (Å²) in [6.07, 6.45) is 3.06. The number of rotatable bonds is 14. The highest BCUT2D eigenvalue weighted by molar-refractivity contribution is 5.16. The first-order valence-electron chi connectivity index (χ1n) is 16.7. The third-order valence-corrected chi connectivity index (χ3v) is 8.75. The normalized spacial score (nSPS) is 24.0. The van der Waals surface area contributed by atoms with Crippen LogP contribution in [0.25, 0.3) is 0 Å². The Bertz CT molecular complexity index is 1380. The molecule has 0 spiro atoms. The SMILES string of the molecule is c1ccc(CO[C@H]2[C@H](OCc3ccccc3)[C@@H](OC3CCCCC3)OC[C@@H](OCc3ccccc3)[C@@H]2OCc2ccccc2)cc1. The van der Waals surface area contributed by atoms with Crippen molar-refractivity contribution in [2.45, 2.75) is 95.3 Å². The minimum absolute atomic E-state index is 0.113. The lowest BCUT2D eigenvalue weighted by Crippen LogP contribution is -2.51. The summed E-state index contributed by atoms with van der Waals surface area (Å²) in [7, 11) is 0. The summed E-state index contributed by atoms with van der Waals surface area (Å²) < 4.78 is 40.5. The third kappa shape index (κ3) is 9.58. The average Bonchev–Trinajstić information content (AvgIpc) is 3.26. The predicted octanol–water partition coefficient (Wildman–Crippen LogP) is 8.03. The van der Waals surface area contributed by atoms with Crippen LogP contribution in [0.1, 0.15) is 54.4 Å². The number of hydrogen-bond acceptors (Lipinski definition) is 6. The largest absolute Gasteiger partial charge is 0.368 e. The van der Waals surface area contributed by atoms with E-state index in [9.17, 15) is 0 Å². The molecule has 1 saturated carbocycles. The fourth-order valence-corrected chi connectivity index (χ4v) is 6.23. The standard InChI is InChI=1S/C40H46O6/c1-6-16-31(17-7-1)26-41-36-30-45-40(46-35-24-14-5-15-25-35)39(44-29-34-22-12-4-13-23-34)38(43-28-33-20-10-3-11-21-33)37(36)42-27-32-18-8-2-9-19-32/h1-4,6-13,16-23,35-40H,5,14-15,24-30H2/t36-,37+,38-,39+,40-/m1/s1. The molecule has 46 heavy (non-hydrogen) atoms. The molecule has 2 fully saturated rings. The molecule has 4 aromatic rings. The summed E-state index contributed by atoms with van der Waals surface area (Å²) in [5, 5.41) is 0. The summed E-state index contributed by atoms with van der Waals surface area (Å²) in [5.74, 6) is 0. The van der Waals surface area contributed by atoms with Gasteiger partial charge in [0, 0.05) is 0 Å². The summed E-state index contributed by atoms with van der Waals surface area (Å²) in [6, 6.07) is 40.9. The molecule has 242 valence electrons. The van der Waals surface area contributed by atoms with Crippen LogP contribution >= 0.6 is 0 Å². The van der Waals surface area contributed by atoms with E-state index in [0.717, 1.165) is 47.9 Å². The van der Waals surface area contributed by atoms with Crippen LogP contribution in [0.3, 0.4) is 0 Å². The van der Waals surface area contributed by atoms with Crippen molar-refractivity contribution in [1.82, 2.24) is 0 Å². The molecule has 6 rings (SSSR count). The van der Waals surface area contributed by atoms with Crippen molar-refractivity contribution in [3.8, 4) is 0 Å². The third-order valence-electron chi connectivity index (χ3n) is 8.75. The van der Waals surface area contributed by atoms with Gasteiger partial charge in [-0.15, -0.1) is 0 Å². The molecule has 0 N–H and O–H groups in total. The smallest absolute Gasteiger partial charge is 0.186 e. The van der Waals surface area contributed by atoms with E-state index in [4.69, 9.17) is 28.4 Å². The quantitative estimate of drug-likeness (QED) is 0.142. The van der Waals surface area contributed by atoms with Crippen molar-refractivity contribution in [2.75, 3.05) is 6.61 Å². The molecule has 1 saturated heterocycles. The van der Waals surface area contributed by atoms with Gasteiger partial charge in [-0.1, -0.05) is 141 Å². The first-order chi connectivity index (χ1) is 22.8. The molecule has 1 aliphatic heterocycles. The Kier molecular flexibility index (Phi) is 12.4. The molecule has 1 heterocycles. The maximum atomic E-state index is 6.86. The second-order valence-electron chi connectivity index (χ2n) is 12.2. The molecule has 4 aromatic carbocycles. The molecule has 0 amide bonds. The van der Waals surface area contributed by atoms with Crippen LogP contribution in [0.4, 0.5) is 0 Å². The van der Waals surface area contributed by atoms with Gasteiger partial charge in [-0.05, 0) is 35.1 Å². The minimum Gasteiger partial charge on any atom is -0.368 e. The Hall–Kier alpha value is -3.36. The van der Waals surface area contributed by atoms with E-state index >= 15 is 0 Å². The molecule has 2 aliphatic rings. The molecule has 0 bridgehead atoms. The second-order valence-corrected chi connectivity index (χ2v) is 12.2. The van der Waals surface area contributed by atoms with Crippen LogP contribution in [-0.2, 0) is 54.8 Å². The molecule has 0 unspecified atom stereocenters. The van der Waals surface area contributed by atoms with Gasteiger partial charge >= 0.3 is 0 Å². The first kappa shape index (κ1) is 32.6. The summed E-state index contributed by atoms with van der Waals surface area (Å²) in [5.41, 5.74) is 4.31. The highest BCUT2D eigenvalue weighted by Gasteiger charge is 2.47. The summed E-state index contributed by atoms with van der Waals surface area (Å²) >= 11 is 0. The number of ether oxygens (including phenoxy) is 6. The van der Waals surface area contributed by atoms with Crippen LogP contribution in [0.5, 0.6) is 0 Å². The van der Waals surface area contributed by atoms with Gasteiger partial charge in [-0.2, -0.15) is 0 Å². The highest BCUT2D eigenvalue weighted by Crippen LogP contribution is 2.32. The van der Waals surface area contributed by atoms with Crippen LogP contribution in [0, 0.1) is 0 Å². The summed E-state index contributed by atoms with van der Waals surface area (Å²) in [6.45, 7) is 1.91. The van der Waals surface area contributed by atoms with Crippen LogP contribution < -0.4 is 0 Å². The van der Waals surface area contributed by atoms with Gasteiger partial charge in [0.05, 0.1) is 39.1 Å². The number of hydrogen-bond donors (Lipinski definition) is 0. The van der Waals surface area contributed by atoms with Crippen molar-refractivity contribution in [3.63, 3.8) is 0 Å². The molecule has 6 heteroatoms. The van der Waals surface area contributed by atoms with Crippen molar-refractivity contribution in [1.29, 1.82) is 0 Å². The van der Waals surface area contributed by atoms with Crippen molar-refractivity contribution in [3.05, 3.63) is 144 Å². The lowest BCUT2D eigenvalue weighted by Gasteiger charge is -2.37. The molecule has 0 aromatic heterocycles. The topological polar surface area (TPSA) is 55.4 Å². The lowest BCUT2D eigenvalue weighted by molar-refractivity contribution is -0.254. The Morgan fingerprint density at radius 2 is 0.870 bits per heavy atom. The highest BCUT2D eigenvalue weighted by atomic mass is 16.7. The lowest BCUT2D eigenvalue weighted by atomic mass is 9.97. The van der Waals surface area contributed by atoms with Gasteiger partial charge in [0.2, 0.25) is 0 Å². The van der Waals surface area contributed by atoms with E-state index in [0.29, 0.717) is 33.0 Å². The van der Waals surface area contributed by atoms with Crippen molar-refractivity contribution < 1.29 is 28.4 Å². The Morgan fingerprint density at radius 3 is 1.35 bits per heavy atom. The Morgan fingerprint density at radius 1 is 0.457 bits per heavy atom.